The lowest BCUT2D eigenvalue weighted by Gasteiger charge is -2.18. The highest BCUT2D eigenvalue weighted by Crippen LogP contribution is 2.28. The number of alkyl halides is 3. The highest BCUT2D eigenvalue weighted by molar-refractivity contribution is 6.32. The lowest BCUT2D eigenvalue weighted by Crippen LogP contribution is -2.28. The maximum Gasteiger partial charge on any atom is 0.455 e. The zero-order valence-electron chi connectivity index (χ0n) is 23.8. The SMILES string of the molecule is Cc1cc(C#N)cc(C(=O)NC(C)c2ccc(Cl)cc2)c1NC(=O)c1cc(Cn2nnc(C(F)(F)F)n2)nn1-c1ncccc1Cl. The summed E-state index contributed by atoms with van der Waals surface area (Å²) in [6.45, 7) is 2.99. The van der Waals surface area contributed by atoms with E-state index in [2.05, 4.69) is 36.1 Å². The fourth-order valence-electron chi connectivity index (χ4n) is 4.42. The summed E-state index contributed by atoms with van der Waals surface area (Å²) in [5.41, 5.74) is 1.43. The van der Waals surface area contributed by atoms with E-state index in [0.717, 1.165) is 10.2 Å². The van der Waals surface area contributed by atoms with E-state index in [1.807, 2.05) is 6.07 Å². The van der Waals surface area contributed by atoms with Gasteiger partial charge in [0.1, 0.15) is 12.2 Å². The molecule has 12 nitrogen and oxygen atoms in total. The molecule has 0 radical (unpaired) electrons. The molecule has 0 fully saturated rings. The zero-order valence-corrected chi connectivity index (χ0v) is 25.4. The molecule has 0 aliphatic heterocycles. The van der Waals surface area contributed by atoms with E-state index < -0.39 is 29.9 Å². The van der Waals surface area contributed by atoms with Crippen molar-refractivity contribution in [2.45, 2.75) is 32.6 Å². The number of hydrogen-bond donors (Lipinski definition) is 2. The van der Waals surface area contributed by atoms with Crippen LogP contribution in [0.3, 0.4) is 0 Å². The van der Waals surface area contributed by atoms with E-state index in [1.54, 1.807) is 44.2 Å². The molecule has 3 aromatic heterocycles. The van der Waals surface area contributed by atoms with Gasteiger partial charge in [0.15, 0.2) is 5.82 Å². The van der Waals surface area contributed by atoms with E-state index in [0.29, 0.717) is 15.4 Å². The third kappa shape index (κ3) is 6.98. The molecule has 0 aliphatic rings. The molecule has 2 N–H and O–H groups in total. The summed E-state index contributed by atoms with van der Waals surface area (Å²) in [5, 5.41) is 29.9. The normalized spacial score (nSPS) is 12.0. The lowest BCUT2D eigenvalue weighted by atomic mass is 10.0. The number of carbonyl (C=O) groups is 2. The zero-order chi connectivity index (χ0) is 33.2. The third-order valence-electron chi connectivity index (χ3n) is 6.61. The van der Waals surface area contributed by atoms with Crippen LogP contribution in [0, 0.1) is 18.3 Å². The summed E-state index contributed by atoms with van der Waals surface area (Å²) < 4.78 is 40.1. The minimum absolute atomic E-state index is 0.0133. The lowest BCUT2D eigenvalue weighted by molar-refractivity contribution is -0.145. The first-order chi connectivity index (χ1) is 21.8. The fourth-order valence-corrected chi connectivity index (χ4v) is 4.74. The van der Waals surface area contributed by atoms with Gasteiger partial charge in [-0.05, 0) is 72.7 Å². The van der Waals surface area contributed by atoms with Gasteiger partial charge in [-0.25, -0.2) is 9.67 Å². The van der Waals surface area contributed by atoms with Crippen molar-refractivity contribution in [3.05, 3.63) is 110 Å². The van der Waals surface area contributed by atoms with Crippen molar-refractivity contribution in [1.82, 2.24) is 40.3 Å². The van der Waals surface area contributed by atoms with Crippen LogP contribution in [0.5, 0.6) is 0 Å². The number of amides is 2. The number of aromatic nitrogens is 7. The van der Waals surface area contributed by atoms with Gasteiger partial charge in [0.25, 0.3) is 17.6 Å². The minimum Gasteiger partial charge on any atom is -0.345 e. The number of hydrogen-bond acceptors (Lipinski definition) is 8. The second kappa shape index (κ2) is 13.0. The number of tetrazole rings is 1. The van der Waals surface area contributed by atoms with Crippen molar-refractivity contribution < 1.29 is 22.8 Å². The standard InChI is InChI=1S/C29H21Cl2F3N10O2/c1-15-10-17(13-35)11-21(26(45)37-16(2)18-5-7-19(30)8-6-18)24(15)38-27(46)23-12-20(14-43-41-28(39-42-43)29(32,33)34)40-44(23)25-22(31)4-3-9-36-25/h3-12,16H,14H2,1-2H3,(H,37,45)(H,38,46). The molecule has 17 heteroatoms. The molecule has 2 amide bonds. The Kier molecular flexibility index (Phi) is 9.03. The number of halogens is 5. The maximum atomic E-state index is 13.8. The molecule has 0 bridgehead atoms. The van der Waals surface area contributed by atoms with Crippen molar-refractivity contribution in [1.29, 1.82) is 5.26 Å². The van der Waals surface area contributed by atoms with Gasteiger partial charge in [-0.2, -0.15) is 28.3 Å². The molecule has 2 aromatic carbocycles. The topological polar surface area (TPSA) is 156 Å². The first kappa shape index (κ1) is 32.1. The number of nitrogens with zero attached hydrogens (tertiary/aromatic N) is 8. The molecule has 3 heterocycles. The predicted octanol–water partition coefficient (Wildman–Crippen LogP) is 5.55. The van der Waals surface area contributed by atoms with Crippen LogP contribution < -0.4 is 10.6 Å². The smallest absolute Gasteiger partial charge is 0.345 e. The van der Waals surface area contributed by atoms with Gasteiger partial charge in [0.05, 0.1) is 39.6 Å². The van der Waals surface area contributed by atoms with E-state index in [1.165, 1.54) is 30.5 Å². The molecule has 234 valence electrons. The number of nitriles is 1. The summed E-state index contributed by atoms with van der Waals surface area (Å²) in [7, 11) is 0. The molecule has 46 heavy (non-hydrogen) atoms. The van der Waals surface area contributed by atoms with Gasteiger partial charge in [-0.15, -0.1) is 10.2 Å². The first-order valence-corrected chi connectivity index (χ1v) is 14.1. The summed E-state index contributed by atoms with van der Waals surface area (Å²) in [5.74, 6) is -2.73. The van der Waals surface area contributed by atoms with E-state index in [4.69, 9.17) is 23.2 Å². The summed E-state index contributed by atoms with van der Waals surface area (Å²) in [6.07, 6.45) is -3.40. The third-order valence-corrected chi connectivity index (χ3v) is 7.15. The predicted molar refractivity (Wildman–Crippen MR) is 159 cm³/mol. The Morgan fingerprint density at radius 1 is 1.07 bits per heavy atom. The molecule has 0 spiro atoms. The van der Waals surface area contributed by atoms with Crippen molar-refractivity contribution in [2.75, 3.05) is 5.32 Å². The van der Waals surface area contributed by atoms with Gasteiger partial charge < -0.3 is 10.6 Å². The Hall–Kier alpha value is -5.33. The quantitative estimate of drug-likeness (QED) is 0.218. The van der Waals surface area contributed by atoms with Crippen LogP contribution in [0.2, 0.25) is 10.0 Å². The second-order valence-corrected chi connectivity index (χ2v) is 10.8. The number of carbonyl (C=O) groups excluding carboxylic acids is 2. The number of aryl methyl sites for hydroxylation is 1. The number of rotatable bonds is 8. The second-order valence-electron chi connectivity index (χ2n) is 9.91. The molecule has 0 saturated carbocycles. The number of benzene rings is 2. The molecule has 1 unspecified atom stereocenters. The van der Waals surface area contributed by atoms with Crippen molar-refractivity contribution in [3.8, 4) is 11.9 Å². The summed E-state index contributed by atoms with van der Waals surface area (Å²) in [6, 6.07) is 15.6. The summed E-state index contributed by atoms with van der Waals surface area (Å²) in [4.78, 5) is 32.2. The number of pyridine rings is 1. The van der Waals surface area contributed by atoms with Crippen molar-refractivity contribution in [2.24, 2.45) is 0 Å². The first-order valence-electron chi connectivity index (χ1n) is 13.3. The van der Waals surface area contributed by atoms with E-state index in [9.17, 15) is 28.0 Å². The number of nitrogens with one attached hydrogen (secondary N) is 2. The van der Waals surface area contributed by atoms with Crippen LogP contribution >= 0.6 is 23.2 Å². The Balaban J connectivity index is 1.50. The Labute approximate surface area is 268 Å². The van der Waals surface area contributed by atoms with E-state index in [-0.39, 0.29) is 45.6 Å². The monoisotopic (exact) mass is 668 g/mol. The molecule has 0 aliphatic carbocycles. The minimum atomic E-state index is -4.81. The Morgan fingerprint density at radius 3 is 2.46 bits per heavy atom. The van der Waals surface area contributed by atoms with Gasteiger partial charge >= 0.3 is 6.18 Å². The Morgan fingerprint density at radius 2 is 1.80 bits per heavy atom. The highest BCUT2D eigenvalue weighted by atomic mass is 35.5. The molecule has 1 atom stereocenters. The average molecular weight is 669 g/mol. The van der Waals surface area contributed by atoms with Crippen molar-refractivity contribution >= 4 is 40.7 Å². The fraction of sp³-hybridized carbons (Fsp3) is 0.172. The summed E-state index contributed by atoms with van der Waals surface area (Å²) >= 11 is 12.3. The van der Waals surface area contributed by atoms with Crippen LogP contribution in [0.1, 0.15) is 62.0 Å². The van der Waals surface area contributed by atoms with Crippen LogP contribution in [-0.2, 0) is 12.7 Å². The van der Waals surface area contributed by atoms with Gasteiger partial charge in [-0.3, -0.25) is 9.59 Å². The largest absolute Gasteiger partial charge is 0.455 e. The number of anilines is 1. The maximum absolute atomic E-state index is 13.8. The van der Waals surface area contributed by atoms with Crippen LogP contribution in [-0.4, -0.2) is 46.8 Å². The molecule has 0 saturated heterocycles. The van der Waals surface area contributed by atoms with Crippen LogP contribution in [0.4, 0.5) is 18.9 Å². The average Bonchev–Trinajstić information content (AvgIpc) is 3.66. The van der Waals surface area contributed by atoms with Crippen LogP contribution in [0.15, 0.2) is 60.8 Å². The van der Waals surface area contributed by atoms with Gasteiger partial charge in [0, 0.05) is 11.2 Å². The van der Waals surface area contributed by atoms with E-state index >= 15 is 0 Å². The highest BCUT2D eigenvalue weighted by Gasteiger charge is 2.37. The molecule has 5 rings (SSSR count). The molecule has 5 aromatic rings. The molecular formula is C29H21Cl2F3N10O2. The Bertz CT molecular complexity index is 1980. The molecular weight excluding hydrogens is 648 g/mol. The van der Waals surface area contributed by atoms with Gasteiger partial charge in [-0.1, -0.05) is 35.3 Å². The van der Waals surface area contributed by atoms with Crippen LogP contribution in [0.25, 0.3) is 5.82 Å². The van der Waals surface area contributed by atoms with Gasteiger partial charge in [0.2, 0.25) is 0 Å². The van der Waals surface area contributed by atoms with Crippen molar-refractivity contribution in [3.63, 3.8) is 0 Å².